The van der Waals surface area contributed by atoms with Crippen LogP contribution >= 0.6 is 0 Å². The number of carbonyl (C=O) groups excluding carboxylic acids is 1. The highest BCUT2D eigenvalue weighted by Gasteiger charge is 2.17. The minimum absolute atomic E-state index is 0.0968. The van der Waals surface area contributed by atoms with Crippen molar-refractivity contribution >= 4 is 16.7 Å². The van der Waals surface area contributed by atoms with Gasteiger partial charge in [-0.1, -0.05) is 36.4 Å². The van der Waals surface area contributed by atoms with Crippen LogP contribution in [0.3, 0.4) is 0 Å². The van der Waals surface area contributed by atoms with E-state index in [1.165, 1.54) is 30.2 Å². The number of pyridine rings is 1. The molecule has 0 radical (unpaired) electrons. The molecule has 132 valence electrons. The molecule has 4 rings (SSSR count). The minimum Gasteiger partial charge on any atom is -0.345 e. The normalized spacial score (nSPS) is 14.7. The Labute approximate surface area is 152 Å². The predicted octanol–water partition coefficient (Wildman–Crippen LogP) is 3.90. The standard InChI is InChI=1S/C22H22N2O2/c1-14(16-11-10-15-6-2-3-7-17(15)12-16)24-22(26)20-13-23-21(25)19-9-5-4-8-18(19)20/h4-5,8-14H,2-3,6-7H2,1H3,(H,23,25)(H,24,26)/t14-/m0/s1. The summed E-state index contributed by atoms with van der Waals surface area (Å²) in [6.45, 7) is 2.00. The Hall–Kier alpha value is -2.88. The number of aromatic nitrogens is 1. The quantitative estimate of drug-likeness (QED) is 0.755. The number of hydrogen-bond acceptors (Lipinski definition) is 2. The fourth-order valence-electron chi connectivity index (χ4n) is 3.78. The SMILES string of the molecule is C[C@H](NC(=O)c1c[nH]c(=O)c2ccccc12)c1ccc2c(c1)CCCC2. The van der Waals surface area contributed by atoms with Gasteiger partial charge in [0, 0.05) is 17.0 Å². The largest absolute Gasteiger partial charge is 0.345 e. The fourth-order valence-corrected chi connectivity index (χ4v) is 3.78. The summed E-state index contributed by atoms with van der Waals surface area (Å²) in [5.74, 6) is -0.178. The number of carbonyl (C=O) groups is 1. The Morgan fingerprint density at radius 1 is 1.04 bits per heavy atom. The zero-order chi connectivity index (χ0) is 18.1. The zero-order valence-electron chi connectivity index (χ0n) is 14.8. The highest BCUT2D eigenvalue weighted by molar-refractivity contribution is 6.06. The number of rotatable bonds is 3. The molecule has 1 heterocycles. The summed E-state index contributed by atoms with van der Waals surface area (Å²) >= 11 is 0. The number of benzene rings is 2. The number of aromatic amines is 1. The molecule has 3 aromatic rings. The lowest BCUT2D eigenvalue weighted by atomic mass is 9.89. The van der Waals surface area contributed by atoms with Crippen LogP contribution < -0.4 is 10.9 Å². The topological polar surface area (TPSA) is 62.0 Å². The molecule has 2 N–H and O–H groups in total. The van der Waals surface area contributed by atoms with E-state index in [2.05, 4.69) is 28.5 Å². The molecule has 2 aromatic carbocycles. The maximum Gasteiger partial charge on any atom is 0.255 e. The number of aryl methyl sites for hydroxylation is 2. The fraction of sp³-hybridized carbons (Fsp3) is 0.273. The van der Waals surface area contributed by atoms with Gasteiger partial charge in [-0.05, 0) is 55.4 Å². The van der Waals surface area contributed by atoms with Crippen LogP contribution in [0.4, 0.5) is 0 Å². The molecule has 1 atom stereocenters. The monoisotopic (exact) mass is 346 g/mol. The van der Waals surface area contributed by atoms with Crippen LogP contribution in [-0.4, -0.2) is 10.9 Å². The van der Waals surface area contributed by atoms with E-state index < -0.39 is 0 Å². The van der Waals surface area contributed by atoms with E-state index in [9.17, 15) is 9.59 Å². The van der Waals surface area contributed by atoms with Gasteiger partial charge in [0.2, 0.25) is 0 Å². The minimum atomic E-state index is -0.181. The van der Waals surface area contributed by atoms with Crippen molar-refractivity contribution in [2.75, 3.05) is 0 Å². The van der Waals surface area contributed by atoms with Crippen molar-refractivity contribution in [3.8, 4) is 0 Å². The smallest absolute Gasteiger partial charge is 0.255 e. The van der Waals surface area contributed by atoms with E-state index >= 15 is 0 Å². The van der Waals surface area contributed by atoms with Gasteiger partial charge in [-0.15, -0.1) is 0 Å². The maximum atomic E-state index is 12.8. The molecule has 0 spiro atoms. The first-order valence-electron chi connectivity index (χ1n) is 9.16. The molecule has 1 aliphatic rings. The molecule has 0 saturated heterocycles. The van der Waals surface area contributed by atoms with Gasteiger partial charge >= 0.3 is 0 Å². The Kier molecular flexibility index (Phi) is 4.33. The van der Waals surface area contributed by atoms with Gasteiger partial charge in [-0.2, -0.15) is 0 Å². The molecule has 0 saturated carbocycles. The molecule has 1 amide bonds. The van der Waals surface area contributed by atoms with Crippen LogP contribution in [0.2, 0.25) is 0 Å². The van der Waals surface area contributed by atoms with Crippen molar-refractivity contribution < 1.29 is 4.79 Å². The van der Waals surface area contributed by atoms with Gasteiger partial charge in [0.05, 0.1) is 11.6 Å². The predicted molar refractivity (Wildman–Crippen MR) is 104 cm³/mol. The summed E-state index contributed by atoms with van der Waals surface area (Å²) in [7, 11) is 0. The summed E-state index contributed by atoms with van der Waals surface area (Å²) in [5.41, 5.74) is 4.27. The second-order valence-electron chi connectivity index (χ2n) is 7.01. The molecule has 1 aromatic heterocycles. The molecule has 4 heteroatoms. The lowest BCUT2D eigenvalue weighted by Crippen LogP contribution is -2.28. The van der Waals surface area contributed by atoms with E-state index in [1.807, 2.05) is 19.1 Å². The van der Waals surface area contributed by atoms with E-state index in [0.29, 0.717) is 16.3 Å². The molecule has 1 aliphatic carbocycles. The van der Waals surface area contributed by atoms with Gasteiger partial charge in [0.15, 0.2) is 0 Å². The van der Waals surface area contributed by atoms with Gasteiger partial charge in [-0.3, -0.25) is 9.59 Å². The summed E-state index contributed by atoms with van der Waals surface area (Å²) in [5, 5.41) is 4.27. The molecule has 0 aliphatic heterocycles. The summed E-state index contributed by atoms with van der Waals surface area (Å²) < 4.78 is 0. The Morgan fingerprint density at radius 3 is 2.58 bits per heavy atom. The van der Waals surface area contributed by atoms with Crippen LogP contribution in [-0.2, 0) is 12.8 Å². The molecule has 0 unspecified atom stereocenters. The third-order valence-corrected chi connectivity index (χ3v) is 5.27. The first kappa shape index (κ1) is 16.6. The van der Waals surface area contributed by atoms with E-state index in [4.69, 9.17) is 0 Å². The van der Waals surface area contributed by atoms with Crippen molar-refractivity contribution in [3.05, 3.63) is 81.3 Å². The molecule has 4 nitrogen and oxygen atoms in total. The van der Waals surface area contributed by atoms with Gasteiger partial charge in [0.1, 0.15) is 0 Å². The Balaban J connectivity index is 1.60. The van der Waals surface area contributed by atoms with Crippen LogP contribution in [0.5, 0.6) is 0 Å². The molecule has 26 heavy (non-hydrogen) atoms. The highest BCUT2D eigenvalue weighted by atomic mass is 16.2. The maximum absolute atomic E-state index is 12.8. The third kappa shape index (κ3) is 3.03. The number of amides is 1. The van der Waals surface area contributed by atoms with E-state index in [0.717, 1.165) is 18.4 Å². The number of H-pyrrole nitrogens is 1. The van der Waals surface area contributed by atoms with E-state index in [1.54, 1.807) is 12.1 Å². The second kappa shape index (κ2) is 6.79. The average Bonchev–Trinajstić information content (AvgIpc) is 2.68. The van der Waals surface area contributed by atoms with Crippen LogP contribution in [0.25, 0.3) is 10.8 Å². The summed E-state index contributed by atoms with van der Waals surface area (Å²) in [4.78, 5) is 27.4. The summed E-state index contributed by atoms with van der Waals surface area (Å²) in [6, 6.07) is 13.6. The Morgan fingerprint density at radius 2 is 1.77 bits per heavy atom. The van der Waals surface area contributed by atoms with Crippen LogP contribution in [0, 0.1) is 0 Å². The number of nitrogens with one attached hydrogen (secondary N) is 2. The third-order valence-electron chi connectivity index (χ3n) is 5.27. The average molecular weight is 346 g/mol. The van der Waals surface area contributed by atoms with Crippen LogP contribution in [0.15, 0.2) is 53.5 Å². The van der Waals surface area contributed by atoms with Crippen LogP contribution in [0.1, 0.15) is 52.9 Å². The molecular weight excluding hydrogens is 324 g/mol. The highest BCUT2D eigenvalue weighted by Crippen LogP contribution is 2.25. The van der Waals surface area contributed by atoms with Crippen molar-refractivity contribution in [1.29, 1.82) is 0 Å². The molecule has 0 bridgehead atoms. The lowest BCUT2D eigenvalue weighted by Gasteiger charge is -2.20. The van der Waals surface area contributed by atoms with Crippen molar-refractivity contribution in [2.24, 2.45) is 0 Å². The second-order valence-corrected chi connectivity index (χ2v) is 7.01. The lowest BCUT2D eigenvalue weighted by molar-refractivity contribution is 0.0941. The van der Waals surface area contributed by atoms with Gasteiger partial charge in [-0.25, -0.2) is 0 Å². The molecule has 0 fully saturated rings. The summed E-state index contributed by atoms with van der Waals surface area (Å²) in [6.07, 6.45) is 6.27. The first-order valence-corrected chi connectivity index (χ1v) is 9.16. The molecular formula is C22H22N2O2. The van der Waals surface area contributed by atoms with Gasteiger partial charge in [0.25, 0.3) is 11.5 Å². The number of fused-ring (bicyclic) bond motifs is 2. The van der Waals surface area contributed by atoms with Gasteiger partial charge < -0.3 is 10.3 Å². The first-order chi connectivity index (χ1) is 12.6. The van der Waals surface area contributed by atoms with E-state index in [-0.39, 0.29) is 17.5 Å². The van der Waals surface area contributed by atoms with Crippen molar-refractivity contribution in [1.82, 2.24) is 10.3 Å². The van der Waals surface area contributed by atoms with Crippen molar-refractivity contribution in [2.45, 2.75) is 38.6 Å². The number of hydrogen-bond donors (Lipinski definition) is 2. The van der Waals surface area contributed by atoms with Crippen molar-refractivity contribution in [3.63, 3.8) is 0 Å². The zero-order valence-corrected chi connectivity index (χ0v) is 14.8. The Bertz CT molecular complexity index is 1040.